The molecule has 2 N–H and O–H groups in total. The molecule has 5 nitrogen and oxygen atoms in total. The summed E-state index contributed by atoms with van der Waals surface area (Å²) in [7, 11) is -0.577. The fourth-order valence-corrected chi connectivity index (χ4v) is 3.07. The number of carbonyl (C=O) groups excluding carboxylic acids is 1. The number of nitrogens with one attached hydrogen (secondary N) is 1. The van der Waals surface area contributed by atoms with E-state index >= 15 is 0 Å². The highest BCUT2D eigenvalue weighted by molar-refractivity contribution is 6.45. The van der Waals surface area contributed by atoms with E-state index in [2.05, 4.69) is 22.3 Å². The van der Waals surface area contributed by atoms with Gasteiger partial charge >= 0.3 is 13.0 Å². The van der Waals surface area contributed by atoms with Crippen molar-refractivity contribution in [2.45, 2.75) is 32.8 Å². The van der Waals surface area contributed by atoms with Gasteiger partial charge in [0.05, 0.1) is 13.0 Å². The van der Waals surface area contributed by atoms with E-state index < -0.39 is 7.05 Å². The second-order valence-electron chi connectivity index (χ2n) is 5.90. The van der Waals surface area contributed by atoms with Crippen LogP contribution in [0.25, 0.3) is 0 Å². The van der Waals surface area contributed by atoms with Crippen LogP contribution in [0.4, 0.5) is 0 Å². The Labute approximate surface area is 132 Å². The number of carbonyl (C=O) groups is 1. The maximum atomic E-state index is 11.8. The van der Waals surface area contributed by atoms with Crippen LogP contribution in [0.1, 0.15) is 18.9 Å². The van der Waals surface area contributed by atoms with Gasteiger partial charge in [0.25, 0.3) is 0 Å². The second-order valence-corrected chi connectivity index (χ2v) is 5.90. The maximum absolute atomic E-state index is 11.8. The number of esters is 1. The lowest BCUT2D eigenvalue weighted by atomic mass is 9.84. The first-order chi connectivity index (χ1) is 10.6. The predicted molar refractivity (Wildman–Crippen MR) is 87.2 cm³/mol. The lowest BCUT2D eigenvalue weighted by Gasteiger charge is -2.19. The lowest BCUT2D eigenvalue weighted by Crippen LogP contribution is -2.45. The van der Waals surface area contributed by atoms with Crippen LogP contribution in [0.5, 0.6) is 0 Å². The molecule has 1 fully saturated rings. The van der Waals surface area contributed by atoms with Gasteiger partial charge in [0.15, 0.2) is 0 Å². The van der Waals surface area contributed by atoms with Gasteiger partial charge in [-0.2, -0.15) is 0 Å². The minimum absolute atomic E-state index is 0.105. The van der Waals surface area contributed by atoms with E-state index in [1.165, 1.54) is 5.56 Å². The van der Waals surface area contributed by atoms with Crippen LogP contribution in [0, 0.1) is 5.92 Å². The second kappa shape index (κ2) is 8.32. The van der Waals surface area contributed by atoms with Gasteiger partial charge in [-0.25, -0.2) is 0 Å². The number of hydrogen-bond donors (Lipinski definition) is 2. The molecule has 0 aromatic heterocycles. The molecule has 1 heterocycles. The first kappa shape index (κ1) is 17.0. The van der Waals surface area contributed by atoms with Crippen molar-refractivity contribution in [3.8, 4) is 0 Å². The zero-order valence-electron chi connectivity index (χ0n) is 13.4. The highest BCUT2D eigenvalue weighted by atomic mass is 16.5. The highest BCUT2D eigenvalue weighted by Crippen LogP contribution is 2.23. The summed E-state index contributed by atoms with van der Waals surface area (Å²) in [5, 5.41) is 12.8. The average molecular weight is 304 g/mol. The van der Waals surface area contributed by atoms with Crippen LogP contribution in [0.3, 0.4) is 0 Å². The van der Waals surface area contributed by atoms with Crippen molar-refractivity contribution in [1.82, 2.24) is 10.1 Å². The number of benzene rings is 1. The molecule has 0 radical (unpaired) electrons. The summed E-state index contributed by atoms with van der Waals surface area (Å²) in [4.78, 5) is 14.1. The molecule has 6 heteroatoms. The van der Waals surface area contributed by atoms with Gasteiger partial charge in [-0.3, -0.25) is 9.69 Å². The highest BCUT2D eigenvalue weighted by Gasteiger charge is 2.35. The Hall–Kier alpha value is -1.37. The molecular weight excluding hydrogens is 279 g/mol. The van der Waals surface area contributed by atoms with Crippen molar-refractivity contribution < 1.29 is 14.6 Å². The van der Waals surface area contributed by atoms with Gasteiger partial charge in [-0.15, -0.1) is 0 Å². The van der Waals surface area contributed by atoms with Crippen LogP contribution >= 0.6 is 0 Å². The van der Waals surface area contributed by atoms with Gasteiger partial charge in [0.2, 0.25) is 0 Å². The molecule has 0 bridgehead atoms. The van der Waals surface area contributed by atoms with Crippen molar-refractivity contribution in [2.24, 2.45) is 5.92 Å². The molecule has 1 aliphatic heterocycles. The van der Waals surface area contributed by atoms with Crippen LogP contribution in [-0.2, 0) is 16.1 Å². The SMILES string of the molecule is CCOC(=O)C[C@H]1CN(Cc2ccccc2)CC1NB(C)O. The quantitative estimate of drug-likeness (QED) is 0.584. The normalized spacial score (nSPS) is 21.8. The smallest absolute Gasteiger partial charge is 0.373 e. The Morgan fingerprint density at radius 3 is 2.77 bits per heavy atom. The van der Waals surface area contributed by atoms with E-state index in [4.69, 9.17) is 4.74 Å². The average Bonchev–Trinajstić information content (AvgIpc) is 2.81. The van der Waals surface area contributed by atoms with Crippen LogP contribution in [0.15, 0.2) is 30.3 Å². The fraction of sp³-hybridized carbons (Fsp3) is 0.562. The zero-order chi connectivity index (χ0) is 15.9. The largest absolute Gasteiger partial charge is 0.466 e. The van der Waals surface area contributed by atoms with Crippen molar-refractivity contribution >= 4 is 13.0 Å². The molecule has 2 rings (SSSR count). The van der Waals surface area contributed by atoms with Gasteiger partial charge in [-0.1, -0.05) is 30.3 Å². The zero-order valence-corrected chi connectivity index (χ0v) is 13.4. The monoisotopic (exact) mass is 304 g/mol. The number of hydrogen-bond acceptors (Lipinski definition) is 5. The van der Waals surface area contributed by atoms with Crippen molar-refractivity contribution in [3.63, 3.8) is 0 Å². The fourth-order valence-electron chi connectivity index (χ4n) is 3.07. The topological polar surface area (TPSA) is 61.8 Å². The van der Waals surface area contributed by atoms with Gasteiger partial charge in [0, 0.05) is 25.7 Å². The molecular formula is C16H25BN2O3. The molecule has 2 atom stereocenters. The Balaban J connectivity index is 1.96. The van der Waals surface area contributed by atoms with E-state index in [1.54, 1.807) is 6.82 Å². The Morgan fingerprint density at radius 1 is 1.41 bits per heavy atom. The van der Waals surface area contributed by atoms with E-state index in [0.29, 0.717) is 13.0 Å². The summed E-state index contributed by atoms with van der Waals surface area (Å²) in [6.45, 7) is 6.45. The summed E-state index contributed by atoms with van der Waals surface area (Å²) >= 11 is 0. The summed E-state index contributed by atoms with van der Waals surface area (Å²) in [6, 6.07) is 10.4. The third-order valence-electron chi connectivity index (χ3n) is 3.96. The number of nitrogens with zero attached hydrogens (tertiary/aromatic N) is 1. The molecule has 1 unspecified atom stereocenters. The predicted octanol–water partition coefficient (Wildman–Crippen LogP) is 1.14. The van der Waals surface area contributed by atoms with Gasteiger partial charge < -0.3 is 15.0 Å². The molecule has 1 aromatic rings. The minimum Gasteiger partial charge on any atom is -0.466 e. The summed E-state index contributed by atoms with van der Waals surface area (Å²) in [6.07, 6.45) is 0.392. The molecule has 120 valence electrons. The first-order valence-corrected chi connectivity index (χ1v) is 7.94. The summed E-state index contributed by atoms with van der Waals surface area (Å²) < 4.78 is 5.06. The van der Waals surface area contributed by atoms with Gasteiger partial charge in [0.1, 0.15) is 0 Å². The third-order valence-corrected chi connectivity index (χ3v) is 3.96. The van der Waals surface area contributed by atoms with E-state index in [0.717, 1.165) is 19.6 Å². The van der Waals surface area contributed by atoms with Crippen LogP contribution in [-0.4, -0.2) is 48.7 Å². The van der Waals surface area contributed by atoms with Crippen molar-refractivity contribution in [1.29, 1.82) is 0 Å². The Kier molecular flexibility index (Phi) is 6.42. The Morgan fingerprint density at radius 2 is 2.14 bits per heavy atom. The molecule has 1 aliphatic rings. The van der Waals surface area contributed by atoms with Gasteiger partial charge in [-0.05, 0) is 25.2 Å². The summed E-state index contributed by atoms with van der Waals surface area (Å²) in [5.74, 6) is 0.00353. The van der Waals surface area contributed by atoms with E-state index in [-0.39, 0.29) is 17.9 Å². The molecule has 0 spiro atoms. The number of likely N-dealkylation sites (tertiary alicyclic amines) is 1. The molecule has 1 aromatic carbocycles. The van der Waals surface area contributed by atoms with Crippen LogP contribution in [0.2, 0.25) is 6.82 Å². The molecule has 0 saturated carbocycles. The first-order valence-electron chi connectivity index (χ1n) is 7.94. The lowest BCUT2D eigenvalue weighted by molar-refractivity contribution is -0.144. The third kappa shape index (κ3) is 5.12. The maximum Gasteiger partial charge on any atom is 0.373 e. The number of rotatable bonds is 7. The van der Waals surface area contributed by atoms with E-state index in [9.17, 15) is 9.82 Å². The molecule has 22 heavy (non-hydrogen) atoms. The van der Waals surface area contributed by atoms with Crippen molar-refractivity contribution in [2.75, 3.05) is 19.7 Å². The van der Waals surface area contributed by atoms with E-state index in [1.807, 2.05) is 25.1 Å². The van der Waals surface area contributed by atoms with Crippen molar-refractivity contribution in [3.05, 3.63) is 35.9 Å². The molecule has 0 aliphatic carbocycles. The van der Waals surface area contributed by atoms with Crippen LogP contribution < -0.4 is 5.23 Å². The standard InChI is InChI=1S/C16H25BN2O3/c1-3-22-16(20)9-14-11-19(12-15(14)18-17(2)21)10-13-7-5-4-6-8-13/h4-8,14-15,18,21H,3,9-12H2,1-2H3/t14-,15?/m0/s1. The molecule has 1 saturated heterocycles. The molecule has 0 amide bonds. The number of ether oxygens (including phenoxy) is 1. The summed E-state index contributed by atoms with van der Waals surface area (Å²) in [5.41, 5.74) is 1.26. The minimum atomic E-state index is -0.577. The Bertz CT molecular complexity index is 470.